The third kappa shape index (κ3) is 5.31. The lowest BCUT2D eigenvalue weighted by Gasteiger charge is -2.34. The van der Waals surface area contributed by atoms with E-state index in [0.29, 0.717) is 17.3 Å². The number of hydrogen-bond donors (Lipinski definition) is 2. The van der Waals surface area contributed by atoms with Crippen LogP contribution in [0.1, 0.15) is 36.4 Å². The average molecular weight is 406 g/mol. The van der Waals surface area contributed by atoms with Gasteiger partial charge in [0, 0.05) is 17.3 Å². The molecule has 0 saturated carbocycles. The Morgan fingerprint density at radius 2 is 1.96 bits per heavy atom. The highest BCUT2D eigenvalue weighted by Crippen LogP contribution is 2.26. The Labute approximate surface area is 168 Å². The third-order valence-electron chi connectivity index (χ3n) is 4.87. The summed E-state index contributed by atoms with van der Waals surface area (Å²) in [6, 6.07) is 7.38. The lowest BCUT2D eigenvalue weighted by Crippen LogP contribution is -2.43. The number of carbonyl (C=O) groups excluding carboxylic acids is 2. The molecule has 1 aromatic carbocycles. The average Bonchev–Trinajstić information content (AvgIpc) is 3.20. The molecule has 1 atom stereocenters. The van der Waals surface area contributed by atoms with Crippen molar-refractivity contribution in [2.75, 3.05) is 25.0 Å². The van der Waals surface area contributed by atoms with Gasteiger partial charge in [-0.1, -0.05) is 24.1 Å². The SMILES string of the molecule is Cc1ccc(Cl)cc1NC(=O)C(=O)NCC(c1ccsc1)N1CCCCC1. The third-order valence-corrected chi connectivity index (χ3v) is 5.81. The zero-order valence-corrected chi connectivity index (χ0v) is 16.9. The molecule has 1 saturated heterocycles. The number of hydrogen-bond acceptors (Lipinski definition) is 4. The minimum atomic E-state index is -0.678. The molecule has 1 aliphatic rings. The van der Waals surface area contributed by atoms with Crippen LogP contribution in [0.5, 0.6) is 0 Å². The minimum Gasteiger partial charge on any atom is -0.346 e. The smallest absolute Gasteiger partial charge is 0.313 e. The van der Waals surface area contributed by atoms with Crippen LogP contribution in [0.2, 0.25) is 5.02 Å². The van der Waals surface area contributed by atoms with Gasteiger partial charge in [0.05, 0.1) is 6.04 Å². The number of carbonyl (C=O) groups is 2. The quantitative estimate of drug-likeness (QED) is 0.739. The molecule has 1 fully saturated rings. The normalized spacial score (nSPS) is 15.9. The molecule has 2 amide bonds. The Hall–Kier alpha value is -1.89. The molecule has 2 N–H and O–H groups in total. The van der Waals surface area contributed by atoms with Crippen LogP contribution < -0.4 is 10.6 Å². The number of halogens is 1. The van der Waals surface area contributed by atoms with Crippen molar-refractivity contribution in [2.45, 2.75) is 32.2 Å². The molecule has 1 aliphatic heterocycles. The van der Waals surface area contributed by atoms with Crippen molar-refractivity contribution < 1.29 is 9.59 Å². The Morgan fingerprint density at radius 1 is 1.19 bits per heavy atom. The first-order valence-electron chi connectivity index (χ1n) is 9.16. The van der Waals surface area contributed by atoms with Crippen LogP contribution in [0.25, 0.3) is 0 Å². The summed E-state index contributed by atoms with van der Waals surface area (Å²) in [4.78, 5) is 27.0. The first-order valence-corrected chi connectivity index (χ1v) is 10.5. The first kappa shape index (κ1) is 19.9. The predicted octanol–water partition coefficient (Wildman–Crippen LogP) is 3.99. The fraction of sp³-hybridized carbons (Fsp3) is 0.400. The van der Waals surface area contributed by atoms with E-state index in [0.717, 1.165) is 18.7 Å². The number of nitrogens with one attached hydrogen (secondary N) is 2. The lowest BCUT2D eigenvalue weighted by molar-refractivity contribution is -0.136. The lowest BCUT2D eigenvalue weighted by atomic mass is 10.0. The molecule has 2 heterocycles. The van der Waals surface area contributed by atoms with E-state index in [2.05, 4.69) is 27.0 Å². The monoisotopic (exact) mass is 405 g/mol. The van der Waals surface area contributed by atoms with Crippen molar-refractivity contribution in [3.63, 3.8) is 0 Å². The number of thiophene rings is 1. The number of rotatable bonds is 5. The van der Waals surface area contributed by atoms with E-state index in [1.54, 1.807) is 29.5 Å². The highest BCUT2D eigenvalue weighted by atomic mass is 35.5. The van der Waals surface area contributed by atoms with Crippen LogP contribution in [0, 0.1) is 6.92 Å². The Balaban J connectivity index is 1.61. The fourth-order valence-electron chi connectivity index (χ4n) is 3.33. The van der Waals surface area contributed by atoms with Crippen molar-refractivity contribution >= 4 is 40.4 Å². The maximum atomic E-state index is 12.3. The van der Waals surface area contributed by atoms with Gasteiger partial charge in [-0.3, -0.25) is 14.5 Å². The highest BCUT2D eigenvalue weighted by Gasteiger charge is 2.24. The van der Waals surface area contributed by atoms with Gasteiger partial charge in [-0.2, -0.15) is 11.3 Å². The summed E-state index contributed by atoms with van der Waals surface area (Å²) in [6.07, 6.45) is 3.59. The van der Waals surface area contributed by atoms with E-state index in [1.165, 1.54) is 24.8 Å². The molecule has 3 rings (SSSR count). The Morgan fingerprint density at radius 3 is 2.67 bits per heavy atom. The maximum absolute atomic E-state index is 12.3. The fourth-order valence-corrected chi connectivity index (χ4v) is 4.21. The number of benzene rings is 1. The van der Waals surface area contributed by atoms with Crippen LogP contribution in [0.3, 0.4) is 0 Å². The van der Waals surface area contributed by atoms with Crippen LogP contribution in [-0.4, -0.2) is 36.3 Å². The molecule has 2 aromatic rings. The van der Waals surface area contributed by atoms with Gasteiger partial charge in [0.15, 0.2) is 0 Å². The second-order valence-corrected chi connectivity index (χ2v) is 8.01. The van der Waals surface area contributed by atoms with Crippen molar-refractivity contribution in [3.8, 4) is 0 Å². The molecular formula is C20H24ClN3O2S. The molecule has 0 radical (unpaired) electrons. The largest absolute Gasteiger partial charge is 0.346 e. The van der Waals surface area contributed by atoms with Crippen molar-refractivity contribution in [2.24, 2.45) is 0 Å². The van der Waals surface area contributed by atoms with Gasteiger partial charge in [-0.25, -0.2) is 0 Å². The molecule has 0 spiro atoms. The second-order valence-electron chi connectivity index (χ2n) is 6.79. The molecule has 27 heavy (non-hydrogen) atoms. The maximum Gasteiger partial charge on any atom is 0.313 e. The van der Waals surface area contributed by atoms with Crippen molar-refractivity contribution in [3.05, 3.63) is 51.2 Å². The summed E-state index contributed by atoms with van der Waals surface area (Å²) in [5.74, 6) is -1.31. The summed E-state index contributed by atoms with van der Waals surface area (Å²) >= 11 is 7.62. The van der Waals surface area contributed by atoms with Gasteiger partial charge in [0.2, 0.25) is 0 Å². The zero-order valence-electron chi connectivity index (χ0n) is 15.3. The van der Waals surface area contributed by atoms with Crippen LogP contribution in [0.15, 0.2) is 35.0 Å². The standard InChI is InChI=1S/C20H24ClN3O2S/c1-14-5-6-16(21)11-17(14)23-20(26)19(25)22-12-18(15-7-10-27-13-15)24-8-3-2-4-9-24/h5-7,10-11,13,18H,2-4,8-9,12H2,1H3,(H,22,25)(H,23,26). The summed E-state index contributed by atoms with van der Waals surface area (Å²) in [6.45, 7) is 4.30. The van der Waals surface area contributed by atoms with Gasteiger partial charge >= 0.3 is 11.8 Å². The number of likely N-dealkylation sites (tertiary alicyclic amines) is 1. The molecule has 144 valence electrons. The number of amides is 2. The molecule has 0 aliphatic carbocycles. The van der Waals surface area contributed by atoms with Gasteiger partial charge < -0.3 is 10.6 Å². The van der Waals surface area contributed by atoms with Crippen molar-refractivity contribution in [1.29, 1.82) is 0 Å². The van der Waals surface area contributed by atoms with Crippen LogP contribution in [-0.2, 0) is 9.59 Å². The van der Waals surface area contributed by atoms with Gasteiger partial charge in [-0.05, 0) is 72.9 Å². The number of piperidine rings is 1. The summed E-state index contributed by atoms with van der Waals surface area (Å²) < 4.78 is 0. The Kier molecular flexibility index (Phi) is 6.88. The van der Waals surface area contributed by atoms with Crippen molar-refractivity contribution in [1.82, 2.24) is 10.2 Å². The molecule has 1 aromatic heterocycles. The summed E-state index contributed by atoms with van der Waals surface area (Å²) in [7, 11) is 0. The van der Waals surface area contributed by atoms with E-state index in [-0.39, 0.29) is 6.04 Å². The molecule has 5 nitrogen and oxygen atoms in total. The zero-order chi connectivity index (χ0) is 19.2. The topological polar surface area (TPSA) is 61.4 Å². The van der Waals surface area contributed by atoms with Gasteiger partial charge in [0.25, 0.3) is 0 Å². The van der Waals surface area contributed by atoms with Gasteiger partial charge in [0.1, 0.15) is 0 Å². The first-order chi connectivity index (χ1) is 13.0. The van der Waals surface area contributed by atoms with Crippen LogP contribution >= 0.6 is 22.9 Å². The number of nitrogens with zero attached hydrogens (tertiary/aromatic N) is 1. The second kappa shape index (κ2) is 9.35. The van der Waals surface area contributed by atoms with Crippen LogP contribution in [0.4, 0.5) is 5.69 Å². The predicted molar refractivity (Wildman–Crippen MR) is 110 cm³/mol. The molecule has 0 bridgehead atoms. The van der Waals surface area contributed by atoms with E-state index in [1.807, 2.05) is 12.3 Å². The van der Waals surface area contributed by atoms with E-state index >= 15 is 0 Å². The van der Waals surface area contributed by atoms with E-state index in [4.69, 9.17) is 11.6 Å². The Bertz CT molecular complexity index is 789. The number of anilines is 1. The minimum absolute atomic E-state index is 0.0983. The summed E-state index contributed by atoms with van der Waals surface area (Å²) in [5.41, 5.74) is 2.59. The number of aryl methyl sites for hydroxylation is 1. The molecule has 1 unspecified atom stereocenters. The molecule has 7 heteroatoms. The van der Waals surface area contributed by atoms with Gasteiger partial charge in [-0.15, -0.1) is 0 Å². The highest BCUT2D eigenvalue weighted by molar-refractivity contribution is 7.08. The molecular weight excluding hydrogens is 382 g/mol. The van der Waals surface area contributed by atoms with E-state index in [9.17, 15) is 9.59 Å². The summed E-state index contributed by atoms with van der Waals surface area (Å²) in [5, 5.41) is 10.1. The van der Waals surface area contributed by atoms with E-state index < -0.39 is 11.8 Å².